The van der Waals surface area contributed by atoms with Crippen molar-refractivity contribution >= 4 is 40.1 Å². The van der Waals surface area contributed by atoms with Gasteiger partial charge in [0, 0.05) is 9.75 Å². The van der Waals surface area contributed by atoms with Gasteiger partial charge in [-0.2, -0.15) is 0 Å². The number of Topliss-reactive ketones (excluding diaryl/α,β-unsaturated/α-hetero) is 1. The summed E-state index contributed by atoms with van der Waals surface area (Å²) in [5.41, 5.74) is 1.17. The Morgan fingerprint density at radius 3 is 2.47 bits per heavy atom. The number of hydrogen-bond donors (Lipinski definition) is 0. The molecule has 1 aliphatic heterocycles. The van der Waals surface area contributed by atoms with Crippen molar-refractivity contribution in [3.63, 3.8) is 0 Å². The van der Waals surface area contributed by atoms with Gasteiger partial charge in [-0.3, -0.25) is 9.59 Å². The number of hydrogen-bond acceptors (Lipinski definition) is 4. The molecule has 4 heteroatoms. The van der Waals surface area contributed by atoms with Crippen molar-refractivity contribution in [3.05, 3.63) is 52.2 Å². The van der Waals surface area contributed by atoms with Crippen molar-refractivity contribution in [2.75, 3.05) is 0 Å². The number of thiophene rings is 1. The summed E-state index contributed by atoms with van der Waals surface area (Å²) in [5, 5.41) is -0.0592. The van der Waals surface area contributed by atoms with Gasteiger partial charge in [-0.1, -0.05) is 30.3 Å². The van der Waals surface area contributed by atoms with Crippen LogP contribution in [-0.2, 0) is 9.59 Å². The van der Waals surface area contributed by atoms with Crippen LogP contribution in [0.3, 0.4) is 0 Å². The predicted octanol–water partition coefficient (Wildman–Crippen LogP) is 3.99. The van der Waals surface area contributed by atoms with Gasteiger partial charge in [-0.05, 0) is 35.5 Å². The second-order valence-corrected chi connectivity index (χ2v) is 6.37. The third kappa shape index (κ3) is 2.69. The van der Waals surface area contributed by atoms with Gasteiger partial charge < -0.3 is 0 Å². The summed E-state index contributed by atoms with van der Waals surface area (Å²) in [4.78, 5) is 25.5. The molecule has 2 heterocycles. The van der Waals surface area contributed by atoms with Gasteiger partial charge in [-0.25, -0.2) is 0 Å². The van der Waals surface area contributed by atoms with E-state index in [-0.39, 0.29) is 17.3 Å². The van der Waals surface area contributed by atoms with Crippen LogP contribution >= 0.6 is 23.1 Å². The minimum Gasteiger partial charge on any atom is -0.293 e. The fourth-order valence-electron chi connectivity index (χ4n) is 1.86. The first kappa shape index (κ1) is 12.4. The highest BCUT2D eigenvalue weighted by Crippen LogP contribution is 2.34. The molecule has 0 aliphatic carbocycles. The second kappa shape index (κ2) is 5.15. The lowest BCUT2D eigenvalue weighted by Gasteiger charge is -1.94. The Balaban J connectivity index is 1.89. The van der Waals surface area contributed by atoms with Crippen LogP contribution in [0.2, 0.25) is 0 Å². The normalized spacial score (nSPS) is 17.4. The van der Waals surface area contributed by atoms with Crippen LogP contribution in [0.5, 0.6) is 0 Å². The van der Waals surface area contributed by atoms with E-state index in [1.54, 1.807) is 11.3 Å². The second-order valence-electron chi connectivity index (χ2n) is 4.15. The SMILES string of the molecule is O=C1CC(=O)/C(=C/c2ccc(-c3ccccc3)s2)S1. The molecule has 2 nitrogen and oxygen atoms in total. The largest absolute Gasteiger partial charge is 0.293 e. The van der Waals surface area contributed by atoms with Gasteiger partial charge in [0.05, 0.1) is 11.3 Å². The van der Waals surface area contributed by atoms with Crippen LogP contribution in [0.1, 0.15) is 11.3 Å². The number of carbonyl (C=O) groups is 2. The highest BCUT2D eigenvalue weighted by atomic mass is 32.2. The highest BCUT2D eigenvalue weighted by Gasteiger charge is 2.25. The first-order valence-electron chi connectivity index (χ1n) is 5.83. The number of carbonyl (C=O) groups excluding carboxylic acids is 2. The van der Waals surface area contributed by atoms with Crippen LogP contribution in [-0.4, -0.2) is 10.9 Å². The molecule has 19 heavy (non-hydrogen) atoms. The van der Waals surface area contributed by atoms with E-state index in [9.17, 15) is 9.59 Å². The lowest BCUT2D eigenvalue weighted by atomic mass is 10.2. The van der Waals surface area contributed by atoms with Crippen molar-refractivity contribution in [2.24, 2.45) is 0 Å². The highest BCUT2D eigenvalue weighted by molar-refractivity contribution is 8.18. The molecule has 0 saturated carbocycles. The topological polar surface area (TPSA) is 34.1 Å². The summed E-state index contributed by atoms with van der Waals surface area (Å²) in [6.45, 7) is 0. The molecule has 1 saturated heterocycles. The first-order chi connectivity index (χ1) is 9.22. The Hall–Kier alpha value is -1.65. The molecule has 94 valence electrons. The Bertz CT molecular complexity index is 668. The van der Waals surface area contributed by atoms with Crippen LogP contribution in [0.25, 0.3) is 16.5 Å². The van der Waals surface area contributed by atoms with Crippen molar-refractivity contribution < 1.29 is 9.59 Å². The molecular formula is C15H10O2S2. The molecule has 1 fully saturated rings. The molecule has 0 N–H and O–H groups in total. The Morgan fingerprint density at radius 1 is 1.00 bits per heavy atom. The average Bonchev–Trinajstić information content (AvgIpc) is 2.99. The van der Waals surface area contributed by atoms with E-state index in [0.29, 0.717) is 4.91 Å². The maximum Gasteiger partial charge on any atom is 0.201 e. The molecule has 0 bridgehead atoms. The maximum absolute atomic E-state index is 11.6. The minimum absolute atomic E-state index is 0.0351. The summed E-state index contributed by atoms with van der Waals surface area (Å²) in [6.07, 6.45) is 1.85. The van der Waals surface area contributed by atoms with Crippen LogP contribution < -0.4 is 0 Å². The van der Waals surface area contributed by atoms with Crippen LogP contribution in [0.4, 0.5) is 0 Å². The van der Waals surface area contributed by atoms with Crippen molar-refractivity contribution in [1.82, 2.24) is 0 Å². The Morgan fingerprint density at radius 2 is 1.79 bits per heavy atom. The van der Waals surface area contributed by atoms with E-state index < -0.39 is 0 Å². The Kier molecular flexibility index (Phi) is 3.36. The molecule has 0 unspecified atom stereocenters. The zero-order valence-electron chi connectivity index (χ0n) is 9.96. The molecule has 0 radical (unpaired) electrons. The van der Waals surface area contributed by atoms with Gasteiger partial charge in [0.25, 0.3) is 0 Å². The van der Waals surface area contributed by atoms with Crippen LogP contribution in [0.15, 0.2) is 47.4 Å². The van der Waals surface area contributed by atoms with E-state index in [1.807, 2.05) is 36.4 Å². The van der Waals surface area contributed by atoms with E-state index in [4.69, 9.17) is 0 Å². The fourth-order valence-corrected chi connectivity index (χ4v) is 3.71. The minimum atomic E-state index is -0.0651. The lowest BCUT2D eigenvalue weighted by Crippen LogP contribution is -1.91. The molecule has 0 amide bonds. The molecule has 1 aliphatic rings. The van der Waals surface area contributed by atoms with E-state index in [1.165, 1.54) is 5.56 Å². The van der Waals surface area contributed by atoms with E-state index >= 15 is 0 Å². The quantitative estimate of drug-likeness (QED) is 0.618. The number of benzene rings is 1. The summed E-state index contributed by atoms with van der Waals surface area (Å²) < 4.78 is 0. The molecular weight excluding hydrogens is 276 g/mol. The summed E-state index contributed by atoms with van der Waals surface area (Å²) in [5.74, 6) is -0.0651. The van der Waals surface area contributed by atoms with Crippen LogP contribution in [0, 0.1) is 0 Å². The monoisotopic (exact) mass is 286 g/mol. The number of ketones is 1. The third-order valence-corrected chi connectivity index (χ3v) is 4.78. The van der Waals surface area contributed by atoms with Gasteiger partial charge >= 0.3 is 0 Å². The molecule has 1 aromatic carbocycles. The zero-order chi connectivity index (χ0) is 13.2. The van der Waals surface area contributed by atoms with Gasteiger partial charge in [0.1, 0.15) is 0 Å². The molecule has 1 aromatic heterocycles. The summed E-state index contributed by atoms with van der Waals surface area (Å²) in [6, 6.07) is 14.1. The van der Waals surface area contributed by atoms with Crippen molar-refractivity contribution in [2.45, 2.75) is 6.42 Å². The average molecular weight is 286 g/mol. The zero-order valence-corrected chi connectivity index (χ0v) is 11.6. The number of allylic oxidation sites excluding steroid dienone is 1. The predicted molar refractivity (Wildman–Crippen MR) is 80.0 cm³/mol. The van der Waals surface area contributed by atoms with E-state index in [2.05, 4.69) is 12.1 Å². The van der Waals surface area contributed by atoms with Gasteiger partial charge in [0.15, 0.2) is 5.78 Å². The first-order valence-corrected chi connectivity index (χ1v) is 7.46. The fraction of sp³-hybridized carbons (Fsp3) is 0.0667. The van der Waals surface area contributed by atoms with E-state index in [0.717, 1.165) is 21.5 Å². The van der Waals surface area contributed by atoms with Gasteiger partial charge in [-0.15, -0.1) is 11.3 Å². The third-order valence-electron chi connectivity index (χ3n) is 2.76. The molecule has 2 aromatic rings. The van der Waals surface area contributed by atoms with Crippen molar-refractivity contribution in [1.29, 1.82) is 0 Å². The summed E-state index contributed by atoms with van der Waals surface area (Å²) in [7, 11) is 0. The molecule has 3 rings (SSSR count). The number of thioether (sulfide) groups is 1. The molecule has 0 spiro atoms. The molecule has 0 atom stereocenters. The lowest BCUT2D eigenvalue weighted by molar-refractivity contribution is -0.119. The van der Waals surface area contributed by atoms with Crippen molar-refractivity contribution in [3.8, 4) is 10.4 Å². The smallest absolute Gasteiger partial charge is 0.201 e. The standard InChI is InChI=1S/C15H10O2S2/c16-12-9-15(17)19-14(12)8-11-6-7-13(18-11)10-4-2-1-3-5-10/h1-8H,9H2/b14-8-. The summed E-state index contributed by atoms with van der Waals surface area (Å²) >= 11 is 2.68. The number of rotatable bonds is 2. The Labute approximate surface area is 119 Å². The van der Waals surface area contributed by atoms with Gasteiger partial charge in [0.2, 0.25) is 5.12 Å². The maximum atomic E-state index is 11.6.